The van der Waals surface area contributed by atoms with Gasteiger partial charge in [-0.2, -0.15) is 0 Å². The molecule has 0 bridgehead atoms. The van der Waals surface area contributed by atoms with Crippen molar-refractivity contribution in [2.45, 2.75) is 0 Å². The van der Waals surface area contributed by atoms with Gasteiger partial charge in [0, 0.05) is 24.5 Å². The molecule has 0 fully saturated rings. The summed E-state index contributed by atoms with van der Waals surface area (Å²) < 4.78 is 4.15. The minimum Gasteiger partial charge on any atom is -0.264 e. The van der Waals surface area contributed by atoms with Gasteiger partial charge in [-0.3, -0.25) is 4.98 Å². The fourth-order valence-electron chi connectivity index (χ4n) is 1.78. The highest BCUT2D eigenvalue weighted by Crippen LogP contribution is 2.05. The van der Waals surface area contributed by atoms with E-state index in [1.807, 2.05) is 49.1 Å². The lowest BCUT2D eigenvalue weighted by Gasteiger charge is -1.94. The van der Waals surface area contributed by atoms with Crippen LogP contribution in [0.25, 0.3) is 11.4 Å². The molecule has 0 saturated carbocycles. The number of para-hydroxylation sites is 1. The van der Waals surface area contributed by atoms with Gasteiger partial charge < -0.3 is 0 Å². The molecule has 1 aromatic carbocycles. The van der Waals surface area contributed by atoms with Gasteiger partial charge in [0.05, 0.1) is 0 Å². The van der Waals surface area contributed by atoms with Crippen LogP contribution in [0.4, 0.5) is 0 Å². The summed E-state index contributed by atoms with van der Waals surface area (Å²) >= 11 is 0. The maximum atomic E-state index is 4.02. The molecule has 0 aliphatic heterocycles. The van der Waals surface area contributed by atoms with Crippen molar-refractivity contribution in [1.82, 2.24) is 9.55 Å². The summed E-state index contributed by atoms with van der Waals surface area (Å²) in [5, 5.41) is 0. The van der Waals surface area contributed by atoms with Gasteiger partial charge in [0.2, 0.25) is 0 Å². The van der Waals surface area contributed by atoms with Crippen molar-refractivity contribution in [3.8, 4) is 11.4 Å². The average Bonchev–Trinajstić information content (AvgIpc) is 2.90. The van der Waals surface area contributed by atoms with Crippen LogP contribution in [-0.2, 0) is 0 Å². The van der Waals surface area contributed by atoms with Crippen LogP contribution < -0.4 is 4.57 Å². The van der Waals surface area contributed by atoms with Gasteiger partial charge in [-0.15, -0.1) is 0 Å². The summed E-state index contributed by atoms with van der Waals surface area (Å²) in [7, 11) is 0. The number of aromatic nitrogens is 3. The number of hydrogen-bond acceptors (Lipinski definition) is 1. The standard InChI is InChI=1S/C14H12N3/c1-2-4-13(5-3-1)16-10-11-17(12-16)14-6-8-15-9-7-14/h1-12H/q+1. The molecular formula is C14H12N3+. The first kappa shape index (κ1) is 9.78. The molecule has 0 aliphatic carbocycles. The van der Waals surface area contributed by atoms with E-state index in [1.165, 1.54) is 0 Å². The zero-order chi connectivity index (χ0) is 11.5. The number of hydrogen-bond donors (Lipinski definition) is 0. The Bertz CT molecular complexity index is 546. The normalized spacial score (nSPS) is 10.4. The van der Waals surface area contributed by atoms with Crippen molar-refractivity contribution >= 4 is 0 Å². The number of imidazole rings is 1. The molecule has 2 aromatic heterocycles. The smallest absolute Gasteiger partial charge is 0.254 e. The van der Waals surface area contributed by atoms with Crippen LogP contribution in [0.5, 0.6) is 0 Å². The Hall–Kier alpha value is -2.42. The Balaban J connectivity index is 1.99. The Morgan fingerprint density at radius 1 is 0.941 bits per heavy atom. The van der Waals surface area contributed by atoms with E-state index >= 15 is 0 Å². The maximum Gasteiger partial charge on any atom is 0.254 e. The van der Waals surface area contributed by atoms with Crippen LogP contribution in [0.3, 0.4) is 0 Å². The highest BCUT2D eigenvalue weighted by atomic mass is 15.1. The molecule has 0 amide bonds. The average molecular weight is 222 g/mol. The largest absolute Gasteiger partial charge is 0.264 e. The first-order valence-corrected chi connectivity index (χ1v) is 5.48. The lowest BCUT2D eigenvalue weighted by Crippen LogP contribution is -2.27. The SMILES string of the molecule is c1ccc(-n2cc[n+](-c3ccncc3)c2)cc1. The van der Waals surface area contributed by atoms with Gasteiger partial charge >= 0.3 is 0 Å². The van der Waals surface area contributed by atoms with Crippen LogP contribution in [-0.4, -0.2) is 9.55 Å². The molecule has 3 nitrogen and oxygen atoms in total. The molecule has 0 radical (unpaired) electrons. The minimum atomic E-state index is 1.11. The second-order valence-corrected chi connectivity index (χ2v) is 3.77. The fourth-order valence-corrected chi connectivity index (χ4v) is 1.78. The molecule has 0 spiro atoms. The number of pyridine rings is 1. The molecule has 3 heteroatoms. The molecule has 0 N–H and O–H groups in total. The van der Waals surface area contributed by atoms with Crippen molar-refractivity contribution in [1.29, 1.82) is 0 Å². The van der Waals surface area contributed by atoms with E-state index in [9.17, 15) is 0 Å². The van der Waals surface area contributed by atoms with Gasteiger partial charge in [0.25, 0.3) is 6.33 Å². The van der Waals surface area contributed by atoms with Gasteiger partial charge in [-0.1, -0.05) is 18.2 Å². The highest BCUT2D eigenvalue weighted by Gasteiger charge is 2.07. The molecule has 2 heterocycles. The lowest BCUT2D eigenvalue weighted by molar-refractivity contribution is -0.594. The van der Waals surface area contributed by atoms with Crippen LogP contribution in [0, 0.1) is 0 Å². The zero-order valence-electron chi connectivity index (χ0n) is 9.27. The lowest BCUT2D eigenvalue weighted by atomic mass is 10.3. The zero-order valence-corrected chi connectivity index (χ0v) is 9.27. The second-order valence-electron chi connectivity index (χ2n) is 3.77. The van der Waals surface area contributed by atoms with Gasteiger partial charge in [0.15, 0.2) is 0 Å². The van der Waals surface area contributed by atoms with Gasteiger partial charge in [0.1, 0.15) is 23.8 Å². The van der Waals surface area contributed by atoms with Gasteiger partial charge in [-0.25, -0.2) is 9.13 Å². The van der Waals surface area contributed by atoms with Crippen molar-refractivity contribution in [2.24, 2.45) is 0 Å². The van der Waals surface area contributed by atoms with E-state index in [1.54, 1.807) is 12.4 Å². The van der Waals surface area contributed by atoms with Crippen molar-refractivity contribution in [3.63, 3.8) is 0 Å². The van der Waals surface area contributed by atoms with E-state index in [-0.39, 0.29) is 0 Å². The molecule has 0 atom stereocenters. The van der Waals surface area contributed by atoms with Gasteiger partial charge in [-0.05, 0) is 12.1 Å². The molecule has 3 aromatic rings. The van der Waals surface area contributed by atoms with Crippen molar-refractivity contribution in [2.75, 3.05) is 0 Å². The molecular weight excluding hydrogens is 210 g/mol. The van der Waals surface area contributed by atoms with Crippen LogP contribution in [0.1, 0.15) is 0 Å². The third-order valence-electron chi connectivity index (χ3n) is 2.65. The third-order valence-corrected chi connectivity index (χ3v) is 2.65. The molecule has 0 aliphatic rings. The summed E-state index contributed by atoms with van der Waals surface area (Å²) in [4.78, 5) is 4.02. The van der Waals surface area contributed by atoms with Crippen molar-refractivity contribution < 1.29 is 4.57 Å². The first-order chi connectivity index (χ1) is 8.43. The van der Waals surface area contributed by atoms with E-state index < -0.39 is 0 Å². The number of rotatable bonds is 2. The summed E-state index contributed by atoms with van der Waals surface area (Å²) in [5.41, 5.74) is 2.26. The van der Waals surface area contributed by atoms with Crippen LogP contribution in [0.2, 0.25) is 0 Å². The highest BCUT2D eigenvalue weighted by molar-refractivity contribution is 5.30. The molecule has 0 unspecified atom stereocenters. The quantitative estimate of drug-likeness (QED) is 0.609. The Labute approximate surface area is 99.6 Å². The van der Waals surface area contributed by atoms with Crippen molar-refractivity contribution in [3.05, 3.63) is 73.6 Å². The molecule has 82 valence electrons. The second kappa shape index (κ2) is 4.22. The minimum absolute atomic E-state index is 1.11. The number of nitrogens with zero attached hydrogens (tertiary/aromatic N) is 3. The Morgan fingerprint density at radius 2 is 1.71 bits per heavy atom. The molecule has 17 heavy (non-hydrogen) atoms. The Kier molecular flexibility index (Phi) is 2.43. The predicted molar refractivity (Wildman–Crippen MR) is 65.1 cm³/mol. The first-order valence-electron chi connectivity index (χ1n) is 5.48. The predicted octanol–water partition coefficient (Wildman–Crippen LogP) is 2.15. The monoisotopic (exact) mass is 222 g/mol. The summed E-state index contributed by atoms with van der Waals surface area (Å²) in [6.07, 6.45) is 9.70. The van der Waals surface area contributed by atoms with E-state index in [2.05, 4.69) is 26.3 Å². The fraction of sp³-hybridized carbons (Fsp3) is 0. The van der Waals surface area contributed by atoms with Crippen LogP contribution in [0.15, 0.2) is 73.6 Å². The third kappa shape index (κ3) is 1.95. The summed E-state index contributed by atoms with van der Waals surface area (Å²) in [5.74, 6) is 0. The van der Waals surface area contributed by atoms with E-state index in [0.717, 1.165) is 11.4 Å². The van der Waals surface area contributed by atoms with E-state index in [4.69, 9.17) is 0 Å². The van der Waals surface area contributed by atoms with E-state index in [0.29, 0.717) is 0 Å². The summed E-state index contributed by atoms with van der Waals surface area (Å²) in [6.45, 7) is 0. The summed E-state index contributed by atoms with van der Waals surface area (Å²) in [6, 6.07) is 14.2. The topological polar surface area (TPSA) is 21.7 Å². The maximum absolute atomic E-state index is 4.02. The molecule has 3 rings (SSSR count). The molecule has 0 saturated heterocycles. The van der Waals surface area contributed by atoms with Crippen LogP contribution >= 0.6 is 0 Å². The Morgan fingerprint density at radius 3 is 2.47 bits per heavy atom. The number of benzene rings is 1.